The molecule has 0 fully saturated rings. The van der Waals surface area contributed by atoms with Gasteiger partial charge < -0.3 is 14.6 Å². The molecule has 0 spiro atoms. The molecule has 22 heavy (non-hydrogen) atoms. The van der Waals surface area contributed by atoms with Crippen LogP contribution in [0.4, 0.5) is 5.82 Å². The van der Waals surface area contributed by atoms with Crippen molar-refractivity contribution in [1.29, 1.82) is 0 Å². The van der Waals surface area contributed by atoms with Gasteiger partial charge in [-0.3, -0.25) is 4.79 Å². The van der Waals surface area contributed by atoms with Crippen LogP contribution in [0.2, 0.25) is 0 Å². The van der Waals surface area contributed by atoms with Crippen LogP contribution in [-0.4, -0.2) is 17.7 Å². The number of hydrogen-bond acceptors (Lipinski definition) is 4. The predicted molar refractivity (Wildman–Crippen MR) is 85.2 cm³/mol. The van der Waals surface area contributed by atoms with Crippen LogP contribution in [0.5, 0.6) is 5.75 Å². The Labute approximate surface area is 130 Å². The summed E-state index contributed by atoms with van der Waals surface area (Å²) in [5.41, 5.74) is 2.02. The molecule has 5 nitrogen and oxygen atoms in total. The fourth-order valence-corrected chi connectivity index (χ4v) is 1.97. The van der Waals surface area contributed by atoms with Gasteiger partial charge in [0.25, 0.3) is 5.91 Å². The Morgan fingerprint density at radius 2 is 2.00 bits per heavy atom. The number of benzene rings is 1. The Kier molecular flexibility index (Phi) is 4.54. The van der Waals surface area contributed by atoms with E-state index < -0.39 is 0 Å². The molecule has 1 aromatic carbocycles. The Bertz CT molecular complexity index is 669. The number of nitrogens with one attached hydrogen (secondary N) is 1. The summed E-state index contributed by atoms with van der Waals surface area (Å²) >= 11 is 0. The standard InChI is InChI=1S/C17H22N2O3/c1-11-6-7-13(12(2)8-11)21-10-16(20)18-15-9-14(22-19-15)17(3,4)5/h6-9H,10H2,1-5H3,(H,18,19,20). The molecule has 0 saturated carbocycles. The summed E-state index contributed by atoms with van der Waals surface area (Å²) in [7, 11) is 0. The topological polar surface area (TPSA) is 64.4 Å². The number of carbonyl (C=O) groups excluding carboxylic acids is 1. The highest BCUT2D eigenvalue weighted by Crippen LogP contribution is 2.24. The summed E-state index contributed by atoms with van der Waals surface area (Å²) in [5, 5.41) is 6.51. The average Bonchev–Trinajstić information content (AvgIpc) is 2.86. The van der Waals surface area contributed by atoms with Crippen LogP contribution in [0.25, 0.3) is 0 Å². The van der Waals surface area contributed by atoms with E-state index in [1.807, 2.05) is 52.8 Å². The fourth-order valence-electron chi connectivity index (χ4n) is 1.97. The van der Waals surface area contributed by atoms with Gasteiger partial charge >= 0.3 is 0 Å². The lowest BCUT2D eigenvalue weighted by molar-refractivity contribution is -0.118. The SMILES string of the molecule is Cc1ccc(OCC(=O)Nc2cc(C(C)(C)C)on2)c(C)c1. The second-order valence-electron chi connectivity index (χ2n) is 6.43. The first-order valence-corrected chi connectivity index (χ1v) is 7.23. The van der Waals surface area contributed by atoms with E-state index in [0.717, 1.165) is 16.9 Å². The van der Waals surface area contributed by atoms with Crippen LogP contribution in [0.15, 0.2) is 28.8 Å². The number of aromatic nitrogens is 1. The van der Waals surface area contributed by atoms with Gasteiger partial charge in [0.2, 0.25) is 0 Å². The highest BCUT2D eigenvalue weighted by molar-refractivity contribution is 5.90. The van der Waals surface area contributed by atoms with Crippen LogP contribution in [0.1, 0.15) is 37.7 Å². The van der Waals surface area contributed by atoms with E-state index in [9.17, 15) is 4.79 Å². The van der Waals surface area contributed by atoms with E-state index >= 15 is 0 Å². The van der Waals surface area contributed by atoms with E-state index in [0.29, 0.717) is 11.6 Å². The molecule has 1 aromatic heterocycles. The average molecular weight is 302 g/mol. The number of amides is 1. The van der Waals surface area contributed by atoms with Crippen LogP contribution < -0.4 is 10.1 Å². The third kappa shape index (κ3) is 4.10. The maximum Gasteiger partial charge on any atom is 0.263 e. The van der Waals surface area contributed by atoms with Gasteiger partial charge in [-0.1, -0.05) is 43.6 Å². The molecular weight excluding hydrogens is 280 g/mol. The second-order valence-corrected chi connectivity index (χ2v) is 6.43. The van der Waals surface area contributed by atoms with E-state index in [-0.39, 0.29) is 17.9 Å². The lowest BCUT2D eigenvalue weighted by Gasteiger charge is -2.12. The van der Waals surface area contributed by atoms with Crippen molar-refractivity contribution in [1.82, 2.24) is 5.16 Å². The predicted octanol–water partition coefficient (Wildman–Crippen LogP) is 3.61. The number of ether oxygens (including phenoxy) is 1. The number of aryl methyl sites for hydroxylation is 2. The van der Waals surface area contributed by atoms with Gasteiger partial charge in [0, 0.05) is 11.5 Å². The lowest BCUT2D eigenvalue weighted by Crippen LogP contribution is -2.20. The summed E-state index contributed by atoms with van der Waals surface area (Å²) in [6, 6.07) is 7.56. The maximum absolute atomic E-state index is 11.9. The molecule has 2 rings (SSSR count). The molecule has 5 heteroatoms. The normalized spacial score (nSPS) is 11.3. The molecule has 0 atom stereocenters. The minimum Gasteiger partial charge on any atom is -0.483 e. The first kappa shape index (κ1) is 16.1. The van der Waals surface area contributed by atoms with Crippen LogP contribution in [-0.2, 0) is 10.2 Å². The molecule has 0 unspecified atom stereocenters. The zero-order valence-electron chi connectivity index (χ0n) is 13.7. The Morgan fingerprint density at radius 1 is 1.27 bits per heavy atom. The maximum atomic E-state index is 11.9. The summed E-state index contributed by atoms with van der Waals surface area (Å²) in [5.74, 6) is 1.56. The summed E-state index contributed by atoms with van der Waals surface area (Å²) in [6.07, 6.45) is 0. The van der Waals surface area contributed by atoms with Crippen molar-refractivity contribution in [3.63, 3.8) is 0 Å². The third-order valence-corrected chi connectivity index (χ3v) is 3.21. The summed E-state index contributed by atoms with van der Waals surface area (Å²) in [4.78, 5) is 11.9. The van der Waals surface area contributed by atoms with Crippen LogP contribution >= 0.6 is 0 Å². The highest BCUT2D eigenvalue weighted by atomic mass is 16.5. The van der Waals surface area contributed by atoms with Crippen molar-refractivity contribution in [2.45, 2.75) is 40.0 Å². The Morgan fingerprint density at radius 3 is 2.59 bits per heavy atom. The lowest BCUT2D eigenvalue weighted by atomic mass is 9.93. The highest BCUT2D eigenvalue weighted by Gasteiger charge is 2.20. The number of hydrogen-bond donors (Lipinski definition) is 1. The second kappa shape index (κ2) is 6.22. The number of rotatable bonds is 4. The van der Waals surface area contributed by atoms with Gasteiger partial charge in [-0.2, -0.15) is 0 Å². The molecule has 118 valence electrons. The Balaban J connectivity index is 1.92. The molecule has 0 saturated heterocycles. The van der Waals surface area contributed by atoms with Gasteiger partial charge in [0.1, 0.15) is 11.5 Å². The molecule has 0 aliphatic heterocycles. The minimum absolute atomic E-state index is 0.0678. The zero-order valence-corrected chi connectivity index (χ0v) is 13.7. The molecule has 2 aromatic rings. The smallest absolute Gasteiger partial charge is 0.263 e. The minimum atomic E-state index is -0.270. The first-order valence-electron chi connectivity index (χ1n) is 7.23. The van der Waals surface area contributed by atoms with Gasteiger partial charge in [-0.05, 0) is 25.5 Å². The molecular formula is C17H22N2O3. The van der Waals surface area contributed by atoms with Gasteiger partial charge in [0.05, 0.1) is 0 Å². The molecule has 0 bridgehead atoms. The van der Waals surface area contributed by atoms with Crippen molar-refractivity contribution < 1.29 is 14.1 Å². The van der Waals surface area contributed by atoms with Crippen molar-refractivity contribution in [3.05, 3.63) is 41.2 Å². The first-order chi connectivity index (χ1) is 10.3. The Hall–Kier alpha value is -2.30. The van der Waals surface area contributed by atoms with Gasteiger partial charge in [0.15, 0.2) is 12.4 Å². The molecule has 1 heterocycles. The summed E-state index contributed by atoms with van der Waals surface area (Å²) < 4.78 is 10.7. The van der Waals surface area contributed by atoms with Crippen molar-refractivity contribution >= 4 is 11.7 Å². The van der Waals surface area contributed by atoms with Gasteiger partial charge in [-0.15, -0.1) is 0 Å². The quantitative estimate of drug-likeness (QED) is 0.937. The van der Waals surface area contributed by atoms with Crippen LogP contribution in [0.3, 0.4) is 0 Å². The van der Waals surface area contributed by atoms with Crippen LogP contribution in [0, 0.1) is 13.8 Å². The van der Waals surface area contributed by atoms with E-state index in [2.05, 4.69) is 10.5 Å². The van der Waals surface area contributed by atoms with E-state index in [1.165, 1.54) is 0 Å². The molecule has 0 aliphatic rings. The summed E-state index contributed by atoms with van der Waals surface area (Å²) in [6.45, 7) is 9.95. The monoisotopic (exact) mass is 302 g/mol. The number of nitrogens with zero attached hydrogens (tertiary/aromatic N) is 1. The number of carbonyl (C=O) groups is 1. The molecule has 0 radical (unpaired) electrons. The van der Waals surface area contributed by atoms with Crippen molar-refractivity contribution in [2.24, 2.45) is 0 Å². The third-order valence-electron chi connectivity index (χ3n) is 3.21. The molecule has 1 N–H and O–H groups in total. The van der Waals surface area contributed by atoms with Crippen molar-refractivity contribution in [3.8, 4) is 5.75 Å². The van der Waals surface area contributed by atoms with E-state index in [4.69, 9.17) is 9.26 Å². The molecule has 0 aliphatic carbocycles. The van der Waals surface area contributed by atoms with E-state index in [1.54, 1.807) is 6.07 Å². The largest absolute Gasteiger partial charge is 0.483 e. The number of anilines is 1. The molecule has 1 amide bonds. The zero-order chi connectivity index (χ0) is 16.3. The van der Waals surface area contributed by atoms with Crippen molar-refractivity contribution in [2.75, 3.05) is 11.9 Å². The van der Waals surface area contributed by atoms with Gasteiger partial charge in [-0.25, -0.2) is 0 Å². The fraction of sp³-hybridized carbons (Fsp3) is 0.412.